The van der Waals surface area contributed by atoms with Crippen LogP contribution in [-0.4, -0.2) is 36.6 Å². The monoisotopic (exact) mass is 530 g/mol. The number of carbonyl (C=O) groups excluding carboxylic acids is 1. The van der Waals surface area contributed by atoms with E-state index in [1.807, 2.05) is 6.92 Å². The summed E-state index contributed by atoms with van der Waals surface area (Å²) in [6.07, 6.45) is 0.571. The second-order valence-electron chi connectivity index (χ2n) is 8.76. The molecule has 3 heterocycles. The fourth-order valence-electron chi connectivity index (χ4n) is 4.03. The summed E-state index contributed by atoms with van der Waals surface area (Å²) >= 11 is 0. The van der Waals surface area contributed by atoms with Gasteiger partial charge in [-0.2, -0.15) is 18.3 Å². The maximum Gasteiger partial charge on any atom is 0.419 e. The number of halogens is 4. The summed E-state index contributed by atoms with van der Waals surface area (Å²) in [6.45, 7) is 3.46. The van der Waals surface area contributed by atoms with Gasteiger partial charge in [-0.1, -0.05) is 0 Å². The lowest BCUT2D eigenvalue weighted by Gasteiger charge is -2.17. The van der Waals surface area contributed by atoms with E-state index in [2.05, 4.69) is 25.5 Å². The van der Waals surface area contributed by atoms with Gasteiger partial charge in [0.25, 0.3) is 11.1 Å². The SMILES string of the molecule is CC(=O)c1c(N[C@@H](C)CCCn2ccc3cc(-c4ncc(C(F)(F)F)cn4)c(F)cc3c2=O)cn[nH]c1=O. The number of aromatic amines is 1. The van der Waals surface area contributed by atoms with Gasteiger partial charge in [0, 0.05) is 31.2 Å². The topological polar surface area (TPSA) is 123 Å². The Bertz CT molecular complexity index is 1610. The molecule has 0 bridgehead atoms. The molecule has 198 valence electrons. The minimum absolute atomic E-state index is 0.0133. The van der Waals surface area contributed by atoms with Crippen molar-refractivity contribution in [3.05, 3.63) is 80.6 Å². The number of hydrogen-bond acceptors (Lipinski definition) is 7. The molecule has 9 nitrogen and oxygen atoms in total. The number of Topliss-reactive ketones (excluding diaryl/α,β-unsaturated/α-hetero) is 1. The second-order valence-corrected chi connectivity index (χ2v) is 8.76. The number of nitrogens with one attached hydrogen (secondary N) is 2. The normalized spacial score (nSPS) is 12.5. The van der Waals surface area contributed by atoms with Crippen molar-refractivity contribution in [2.24, 2.45) is 0 Å². The molecule has 0 amide bonds. The minimum atomic E-state index is -4.62. The molecule has 0 aliphatic rings. The first-order valence-corrected chi connectivity index (χ1v) is 11.5. The lowest BCUT2D eigenvalue weighted by Crippen LogP contribution is -2.25. The number of fused-ring (bicyclic) bond motifs is 1. The lowest BCUT2D eigenvalue weighted by atomic mass is 10.1. The summed E-state index contributed by atoms with van der Waals surface area (Å²) in [5.74, 6) is -1.46. The molecule has 1 aromatic carbocycles. The molecule has 4 aromatic rings. The Kier molecular flexibility index (Phi) is 7.37. The van der Waals surface area contributed by atoms with Crippen molar-refractivity contribution in [2.45, 2.75) is 45.5 Å². The number of pyridine rings is 1. The molecule has 0 saturated carbocycles. The number of H-pyrrole nitrogens is 1. The van der Waals surface area contributed by atoms with Gasteiger partial charge in [0.15, 0.2) is 11.6 Å². The Morgan fingerprint density at radius 3 is 2.53 bits per heavy atom. The van der Waals surface area contributed by atoms with Gasteiger partial charge in [-0.3, -0.25) is 14.4 Å². The molecule has 4 rings (SSSR count). The average molecular weight is 530 g/mol. The van der Waals surface area contributed by atoms with Gasteiger partial charge in [0.2, 0.25) is 0 Å². The van der Waals surface area contributed by atoms with Gasteiger partial charge >= 0.3 is 6.18 Å². The number of hydrogen-bond donors (Lipinski definition) is 2. The average Bonchev–Trinajstić information content (AvgIpc) is 2.85. The zero-order valence-corrected chi connectivity index (χ0v) is 20.3. The molecular weight excluding hydrogens is 508 g/mol. The van der Waals surface area contributed by atoms with Gasteiger partial charge in [-0.05, 0) is 50.3 Å². The number of aryl methyl sites for hydroxylation is 1. The molecule has 0 unspecified atom stereocenters. The molecule has 13 heteroatoms. The first kappa shape index (κ1) is 26.6. The molecule has 1 atom stereocenters. The minimum Gasteiger partial charge on any atom is -0.381 e. The van der Waals surface area contributed by atoms with E-state index in [0.29, 0.717) is 42.9 Å². The van der Waals surface area contributed by atoms with E-state index >= 15 is 0 Å². The van der Waals surface area contributed by atoms with Crippen LogP contribution < -0.4 is 16.4 Å². The van der Waals surface area contributed by atoms with Crippen molar-refractivity contribution >= 4 is 22.2 Å². The number of aromatic nitrogens is 5. The van der Waals surface area contributed by atoms with Gasteiger partial charge in [-0.25, -0.2) is 19.5 Å². The largest absolute Gasteiger partial charge is 0.419 e. The molecule has 0 radical (unpaired) electrons. The van der Waals surface area contributed by atoms with E-state index in [1.54, 1.807) is 12.3 Å². The van der Waals surface area contributed by atoms with Gasteiger partial charge < -0.3 is 9.88 Å². The van der Waals surface area contributed by atoms with Crippen LogP contribution >= 0.6 is 0 Å². The van der Waals surface area contributed by atoms with Gasteiger partial charge in [0.05, 0.1) is 28.4 Å². The van der Waals surface area contributed by atoms with Crippen LogP contribution in [0.3, 0.4) is 0 Å². The molecule has 3 aromatic heterocycles. The predicted octanol–water partition coefficient (Wildman–Crippen LogP) is 4.18. The number of anilines is 1. The highest BCUT2D eigenvalue weighted by Gasteiger charge is 2.31. The number of nitrogens with zero attached hydrogens (tertiary/aromatic N) is 4. The number of rotatable bonds is 8. The van der Waals surface area contributed by atoms with Crippen molar-refractivity contribution in [1.29, 1.82) is 0 Å². The van der Waals surface area contributed by atoms with E-state index in [0.717, 1.165) is 6.07 Å². The van der Waals surface area contributed by atoms with E-state index in [1.165, 1.54) is 23.8 Å². The highest BCUT2D eigenvalue weighted by atomic mass is 19.4. The lowest BCUT2D eigenvalue weighted by molar-refractivity contribution is -0.138. The van der Waals surface area contributed by atoms with E-state index in [-0.39, 0.29) is 28.4 Å². The second kappa shape index (κ2) is 10.5. The van der Waals surface area contributed by atoms with Crippen LogP contribution in [-0.2, 0) is 12.7 Å². The Labute approximate surface area is 212 Å². The third-order valence-electron chi connectivity index (χ3n) is 5.93. The van der Waals surface area contributed by atoms with Gasteiger partial charge in [-0.15, -0.1) is 0 Å². The Morgan fingerprint density at radius 2 is 1.87 bits per heavy atom. The van der Waals surface area contributed by atoms with Crippen molar-refractivity contribution in [3.63, 3.8) is 0 Å². The van der Waals surface area contributed by atoms with E-state index < -0.39 is 34.5 Å². The van der Waals surface area contributed by atoms with Crippen LogP contribution in [0.25, 0.3) is 22.2 Å². The first-order valence-electron chi connectivity index (χ1n) is 11.5. The standard InChI is InChI=1S/C25H22F4N6O3/c1-13(33-20-12-32-34-23(37)21(20)14(2)36)4-3-6-35-7-5-15-8-18(19(26)9-17(15)24(35)38)22-30-10-16(11-31-22)25(27,28)29/h5,7-13H,3-4,6H2,1-2H3,(H2,33,34,37)/t13-/m0/s1. The van der Waals surface area contributed by atoms with Crippen LogP contribution in [0, 0.1) is 5.82 Å². The van der Waals surface area contributed by atoms with Crippen molar-refractivity contribution < 1.29 is 22.4 Å². The number of carbonyl (C=O) groups is 1. The molecule has 0 fully saturated rings. The van der Waals surface area contributed by atoms with Crippen molar-refractivity contribution in [3.8, 4) is 11.4 Å². The Morgan fingerprint density at radius 1 is 1.16 bits per heavy atom. The summed E-state index contributed by atoms with van der Waals surface area (Å²) in [5, 5.41) is 9.52. The van der Waals surface area contributed by atoms with Gasteiger partial charge in [0.1, 0.15) is 11.4 Å². The quantitative estimate of drug-likeness (QED) is 0.259. The van der Waals surface area contributed by atoms with Crippen LogP contribution in [0.1, 0.15) is 42.6 Å². The molecule has 38 heavy (non-hydrogen) atoms. The maximum atomic E-state index is 14.8. The number of alkyl halides is 3. The van der Waals surface area contributed by atoms with Crippen molar-refractivity contribution in [2.75, 3.05) is 5.32 Å². The zero-order chi connectivity index (χ0) is 27.6. The van der Waals surface area contributed by atoms with E-state index in [9.17, 15) is 31.9 Å². The Balaban J connectivity index is 1.48. The molecule has 2 N–H and O–H groups in total. The number of benzene rings is 1. The third kappa shape index (κ3) is 5.61. The molecule has 0 saturated heterocycles. The smallest absolute Gasteiger partial charge is 0.381 e. The highest BCUT2D eigenvalue weighted by Crippen LogP contribution is 2.30. The maximum absolute atomic E-state index is 14.8. The zero-order valence-electron chi connectivity index (χ0n) is 20.3. The summed E-state index contributed by atoms with van der Waals surface area (Å²) in [5.41, 5.74) is -1.89. The van der Waals surface area contributed by atoms with Crippen LogP contribution in [0.5, 0.6) is 0 Å². The third-order valence-corrected chi connectivity index (χ3v) is 5.93. The van der Waals surface area contributed by atoms with Crippen LogP contribution in [0.4, 0.5) is 23.2 Å². The molecule has 0 aliphatic heterocycles. The van der Waals surface area contributed by atoms with Crippen LogP contribution in [0.15, 0.2) is 52.6 Å². The number of ketones is 1. The molecule has 0 spiro atoms. The Hall–Kier alpha value is -4.42. The predicted molar refractivity (Wildman–Crippen MR) is 131 cm³/mol. The summed E-state index contributed by atoms with van der Waals surface area (Å²) in [4.78, 5) is 43.9. The molecule has 0 aliphatic carbocycles. The fraction of sp³-hybridized carbons (Fsp3) is 0.280. The van der Waals surface area contributed by atoms with Crippen molar-refractivity contribution in [1.82, 2.24) is 24.7 Å². The highest BCUT2D eigenvalue weighted by molar-refractivity contribution is 5.98. The summed E-state index contributed by atoms with van der Waals surface area (Å²) < 4.78 is 54.5. The fourth-order valence-corrected chi connectivity index (χ4v) is 4.03. The van der Waals surface area contributed by atoms with Crippen LogP contribution in [0.2, 0.25) is 0 Å². The summed E-state index contributed by atoms with van der Waals surface area (Å²) in [7, 11) is 0. The van der Waals surface area contributed by atoms with E-state index in [4.69, 9.17) is 0 Å². The summed E-state index contributed by atoms with van der Waals surface area (Å²) in [6, 6.07) is 3.80. The molecular formula is C25H22F4N6O3. The first-order chi connectivity index (χ1) is 18.0.